The highest BCUT2D eigenvalue weighted by molar-refractivity contribution is 5.38. The van der Waals surface area contributed by atoms with Gasteiger partial charge in [-0.2, -0.15) is 13.2 Å². The van der Waals surface area contributed by atoms with Gasteiger partial charge < -0.3 is 10.2 Å². The maximum Gasteiger partial charge on any atom is 0.416 e. The molecule has 0 fully saturated rings. The van der Waals surface area contributed by atoms with Crippen LogP contribution in [0.2, 0.25) is 0 Å². The largest absolute Gasteiger partial charge is 0.416 e. The molecule has 2 rings (SSSR count). The van der Waals surface area contributed by atoms with Gasteiger partial charge in [-0.05, 0) is 23.3 Å². The SMILES string of the molecule is OCCC(O)(c1ccccc1)c1cccc(C(F)(F)F)c1. The predicted octanol–water partition coefficient (Wildman–Crippen LogP) is 3.32. The Bertz CT molecular complexity index is 596. The van der Waals surface area contributed by atoms with Gasteiger partial charge in [0.05, 0.1) is 5.56 Å². The van der Waals surface area contributed by atoms with Gasteiger partial charge in [-0.25, -0.2) is 0 Å². The summed E-state index contributed by atoms with van der Waals surface area (Å²) in [7, 11) is 0. The van der Waals surface area contributed by atoms with Crippen LogP contribution in [0.3, 0.4) is 0 Å². The summed E-state index contributed by atoms with van der Waals surface area (Å²) < 4.78 is 38.4. The number of aliphatic hydroxyl groups excluding tert-OH is 1. The van der Waals surface area contributed by atoms with E-state index in [1.165, 1.54) is 12.1 Å². The molecule has 0 radical (unpaired) electrons. The number of hydrogen-bond acceptors (Lipinski definition) is 2. The third kappa shape index (κ3) is 3.25. The monoisotopic (exact) mass is 296 g/mol. The topological polar surface area (TPSA) is 40.5 Å². The van der Waals surface area contributed by atoms with Crippen LogP contribution in [-0.2, 0) is 11.8 Å². The van der Waals surface area contributed by atoms with Gasteiger partial charge in [-0.3, -0.25) is 0 Å². The molecule has 2 aromatic rings. The Hall–Kier alpha value is -1.85. The normalized spacial score (nSPS) is 14.7. The molecular formula is C16H15F3O2. The van der Waals surface area contributed by atoms with Crippen LogP contribution in [-0.4, -0.2) is 16.8 Å². The van der Waals surface area contributed by atoms with E-state index in [1.807, 2.05) is 0 Å². The molecule has 21 heavy (non-hydrogen) atoms. The molecule has 0 saturated heterocycles. The highest BCUT2D eigenvalue weighted by Crippen LogP contribution is 2.36. The quantitative estimate of drug-likeness (QED) is 0.908. The van der Waals surface area contributed by atoms with Crippen molar-refractivity contribution in [2.24, 2.45) is 0 Å². The second kappa shape index (κ2) is 5.87. The third-order valence-corrected chi connectivity index (χ3v) is 3.39. The molecule has 0 aliphatic heterocycles. The summed E-state index contributed by atoms with van der Waals surface area (Å²) in [6.07, 6.45) is -4.56. The maximum atomic E-state index is 12.8. The van der Waals surface area contributed by atoms with Crippen molar-refractivity contribution in [3.05, 3.63) is 71.3 Å². The average molecular weight is 296 g/mol. The fourth-order valence-electron chi connectivity index (χ4n) is 2.28. The zero-order valence-electron chi connectivity index (χ0n) is 11.1. The minimum atomic E-state index is -4.48. The Morgan fingerprint density at radius 3 is 1.95 bits per heavy atom. The lowest BCUT2D eigenvalue weighted by Gasteiger charge is -2.29. The van der Waals surface area contributed by atoms with Gasteiger partial charge in [0.25, 0.3) is 0 Å². The highest BCUT2D eigenvalue weighted by atomic mass is 19.4. The van der Waals surface area contributed by atoms with Crippen molar-refractivity contribution in [1.82, 2.24) is 0 Å². The molecule has 0 aliphatic rings. The minimum absolute atomic E-state index is 0.0850. The first-order valence-electron chi connectivity index (χ1n) is 6.44. The van der Waals surface area contributed by atoms with Crippen LogP contribution in [0, 0.1) is 0 Å². The van der Waals surface area contributed by atoms with E-state index in [4.69, 9.17) is 0 Å². The van der Waals surface area contributed by atoms with Gasteiger partial charge in [-0.15, -0.1) is 0 Å². The van der Waals surface area contributed by atoms with E-state index < -0.39 is 17.3 Å². The fourth-order valence-corrected chi connectivity index (χ4v) is 2.28. The average Bonchev–Trinajstić information content (AvgIpc) is 2.47. The van der Waals surface area contributed by atoms with Crippen LogP contribution in [0.25, 0.3) is 0 Å². The molecule has 112 valence electrons. The number of hydrogen-bond donors (Lipinski definition) is 2. The van der Waals surface area contributed by atoms with Gasteiger partial charge >= 0.3 is 6.18 Å². The van der Waals surface area contributed by atoms with Gasteiger partial charge in [-0.1, -0.05) is 42.5 Å². The van der Waals surface area contributed by atoms with E-state index in [-0.39, 0.29) is 18.6 Å². The van der Waals surface area contributed by atoms with Crippen LogP contribution in [0.4, 0.5) is 13.2 Å². The lowest BCUT2D eigenvalue weighted by Crippen LogP contribution is -2.29. The Kier molecular flexibility index (Phi) is 4.34. The molecule has 0 saturated carbocycles. The van der Waals surface area contributed by atoms with Crippen LogP contribution >= 0.6 is 0 Å². The summed E-state index contributed by atoms with van der Waals surface area (Å²) in [5.41, 5.74) is -1.93. The molecule has 1 atom stereocenters. The van der Waals surface area contributed by atoms with Crippen molar-refractivity contribution in [3.63, 3.8) is 0 Å². The van der Waals surface area contributed by atoms with E-state index in [9.17, 15) is 23.4 Å². The second-order valence-electron chi connectivity index (χ2n) is 4.78. The molecule has 1 unspecified atom stereocenters. The summed E-state index contributed by atoms with van der Waals surface area (Å²) >= 11 is 0. The van der Waals surface area contributed by atoms with E-state index in [2.05, 4.69) is 0 Å². The summed E-state index contributed by atoms with van der Waals surface area (Å²) in [5, 5.41) is 20.0. The molecule has 2 nitrogen and oxygen atoms in total. The minimum Gasteiger partial charge on any atom is -0.396 e. The first-order valence-corrected chi connectivity index (χ1v) is 6.44. The second-order valence-corrected chi connectivity index (χ2v) is 4.78. The highest BCUT2D eigenvalue weighted by Gasteiger charge is 2.35. The van der Waals surface area contributed by atoms with E-state index in [0.29, 0.717) is 5.56 Å². The van der Waals surface area contributed by atoms with Crippen molar-refractivity contribution < 1.29 is 23.4 Å². The number of benzene rings is 2. The first-order chi connectivity index (χ1) is 9.88. The summed E-state index contributed by atoms with van der Waals surface area (Å²) in [5.74, 6) is 0. The standard InChI is InChI=1S/C16H15F3O2/c17-16(18,19)14-8-4-7-13(11-14)15(21,9-10-20)12-5-2-1-3-6-12/h1-8,11,20-21H,9-10H2. The predicted molar refractivity (Wildman–Crippen MR) is 72.6 cm³/mol. The third-order valence-electron chi connectivity index (χ3n) is 3.39. The molecule has 0 aliphatic carbocycles. The van der Waals surface area contributed by atoms with Gasteiger partial charge in [0, 0.05) is 13.0 Å². The number of alkyl halides is 3. The Morgan fingerprint density at radius 2 is 1.38 bits per heavy atom. The zero-order chi connectivity index (χ0) is 15.5. The molecular weight excluding hydrogens is 281 g/mol. The van der Waals surface area contributed by atoms with E-state index in [1.54, 1.807) is 30.3 Å². The van der Waals surface area contributed by atoms with Gasteiger partial charge in [0.1, 0.15) is 5.60 Å². The summed E-state index contributed by atoms with van der Waals surface area (Å²) in [6, 6.07) is 12.9. The number of aliphatic hydroxyl groups is 2. The Labute approximate surface area is 120 Å². The zero-order valence-corrected chi connectivity index (χ0v) is 11.1. The molecule has 2 aromatic carbocycles. The smallest absolute Gasteiger partial charge is 0.396 e. The lowest BCUT2D eigenvalue weighted by molar-refractivity contribution is -0.137. The van der Waals surface area contributed by atoms with Crippen LogP contribution in [0.15, 0.2) is 54.6 Å². The lowest BCUT2D eigenvalue weighted by atomic mass is 9.83. The van der Waals surface area contributed by atoms with Gasteiger partial charge in [0.2, 0.25) is 0 Å². The van der Waals surface area contributed by atoms with Crippen molar-refractivity contribution in [2.75, 3.05) is 6.61 Å². The van der Waals surface area contributed by atoms with Crippen LogP contribution in [0.5, 0.6) is 0 Å². The molecule has 0 aromatic heterocycles. The maximum absolute atomic E-state index is 12.8. The van der Waals surface area contributed by atoms with Crippen LogP contribution < -0.4 is 0 Å². The molecule has 5 heteroatoms. The van der Waals surface area contributed by atoms with E-state index in [0.717, 1.165) is 12.1 Å². The summed E-state index contributed by atoms with van der Waals surface area (Å²) in [4.78, 5) is 0. The van der Waals surface area contributed by atoms with Crippen molar-refractivity contribution in [2.45, 2.75) is 18.2 Å². The Balaban J connectivity index is 2.53. The molecule has 0 spiro atoms. The van der Waals surface area contributed by atoms with Gasteiger partial charge in [0.15, 0.2) is 0 Å². The van der Waals surface area contributed by atoms with Crippen molar-refractivity contribution in [1.29, 1.82) is 0 Å². The van der Waals surface area contributed by atoms with Crippen LogP contribution in [0.1, 0.15) is 23.1 Å². The molecule has 0 amide bonds. The Morgan fingerprint density at radius 1 is 0.810 bits per heavy atom. The molecule has 2 N–H and O–H groups in total. The molecule has 0 bridgehead atoms. The fraction of sp³-hybridized carbons (Fsp3) is 0.250. The number of halogens is 3. The van der Waals surface area contributed by atoms with Crippen molar-refractivity contribution in [3.8, 4) is 0 Å². The van der Waals surface area contributed by atoms with E-state index >= 15 is 0 Å². The molecule has 0 heterocycles. The summed E-state index contributed by atoms with van der Waals surface area (Å²) in [6.45, 7) is -0.346. The van der Waals surface area contributed by atoms with Crippen molar-refractivity contribution >= 4 is 0 Å². The first kappa shape index (κ1) is 15.5. The number of rotatable bonds is 4.